The van der Waals surface area contributed by atoms with Gasteiger partial charge in [-0.1, -0.05) is 12.1 Å². The fraction of sp³-hybridized carbons (Fsp3) is 0.133. The van der Waals surface area contributed by atoms with E-state index in [0.29, 0.717) is 5.56 Å². The summed E-state index contributed by atoms with van der Waals surface area (Å²) in [5, 5.41) is 8.85. The highest BCUT2D eigenvalue weighted by Gasteiger charge is 2.29. The number of alkyl halides is 3. The smallest absolute Gasteiger partial charge is 0.416 e. The maximum Gasteiger partial charge on any atom is 0.416 e. The van der Waals surface area contributed by atoms with E-state index >= 15 is 0 Å². The molecular weight excluding hydrogens is 285 g/mol. The lowest BCUT2D eigenvalue weighted by Crippen LogP contribution is -2.04. The van der Waals surface area contributed by atoms with Crippen LogP contribution in [0.3, 0.4) is 0 Å². The molecule has 6 heteroatoms. The van der Waals surface area contributed by atoms with Crippen molar-refractivity contribution in [2.75, 3.05) is 0 Å². The highest BCUT2D eigenvalue weighted by atomic mass is 19.4. The zero-order valence-electron chi connectivity index (χ0n) is 10.7. The van der Waals surface area contributed by atoms with E-state index in [4.69, 9.17) is 9.84 Å². The first kappa shape index (κ1) is 14.9. The minimum atomic E-state index is -4.38. The van der Waals surface area contributed by atoms with Gasteiger partial charge in [0.05, 0.1) is 11.1 Å². The second kappa shape index (κ2) is 5.87. The average molecular weight is 296 g/mol. The molecule has 0 aliphatic carbocycles. The van der Waals surface area contributed by atoms with Crippen LogP contribution in [0, 0.1) is 0 Å². The Kier molecular flexibility index (Phi) is 4.16. The molecule has 0 aliphatic rings. The zero-order valence-corrected chi connectivity index (χ0v) is 10.7. The van der Waals surface area contributed by atoms with Crippen LogP contribution in [0.4, 0.5) is 13.2 Å². The Morgan fingerprint density at radius 3 is 2.33 bits per heavy atom. The quantitative estimate of drug-likeness (QED) is 0.928. The Hall–Kier alpha value is -2.50. The van der Waals surface area contributed by atoms with Gasteiger partial charge in [-0.15, -0.1) is 0 Å². The molecule has 0 bridgehead atoms. The number of carboxylic acid groups (broad SMARTS) is 1. The molecule has 0 amide bonds. The number of ether oxygens (including phenoxy) is 1. The van der Waals surface area contributed by atoms with Gasteiger partial charge in [0, 0.05) is 0 Å². The molecule has 2 aromatic carbocycles. The van der Waals surface area contributed by atoms with E-state index in [-0.39, 0.29) is 17.9 Å². The number of hydrogen-bond donors (Lipinski definition) is 1. The maximum absolute atomic E-state index is 12.4. The van der Waals surface area contributed by atoms with Crippen molar-refractivity contribution in [1.29, 1.82) is 0 Å². The lowest BCUT2D eigenvalue weighted by Gasteiger charge is -2.09. The van der Waals surface area contributed by atoms with E-state index in [1.165, 1.54) is 24.3 Å². The highest BCUT2D eigenvalue weighted by Crippen LogP contribution is 2.30. The molecule has 110 valence electrons. The van der Waals surface area contributed by atoms with Crippen molar-refractivity contribution >= 4 is 5.97 Å². The molecule has 0 radical (unpaired) electrons. The van der Waals surface area contributed by atoms with Gasteiger partial charge in [-0.3, -0.25) is 0 Å². The molecule has 0 spiro atoms. The molecule has 1 N–H and O–H groups in total. The molecule has 0 unspecified atom stereocenters. The average Bonchev–Trinajstić information content (AvgIpc) is 2.45. The molecule has 0 saturated carbocycles. The molecule has 2 rings (SSSR count). The van der Waals surface area contributed by atoms with Gasteiger partial charge in [-0.25, -0.2) is 4.79 Å². The number of hydrogen-bond acceptors (Lipinski definition) is 2. The van der Waals surface area contributed by atoms with Crippen LogP contribution in [-0.2, 0) is 12.8 Å². The van der Waals surface area contributed by atoms with Gasteiger partial charge in [0.25, 0.3) is 0 Å². The Bertz CT molecular complexity index is 633. The number of aromatic carboxylic acids is 1. The number of carboxylic acids is 1. The van der Waals surface area contributed by atoms with Gasteiger partial charge in [0.1, 0.15) is 12.4 Å². The van der Waals surface area contributed by atoms with Crippen LogP contribution in [0.5, 0.6) is 5.75 Å². The minimum Gasteiger partial charge on any atom is -0.489 e. The van der Waals surface area contributed by atoms with Crippen molar-refractivity contribution in [2.24, 2.45) is 0 Å². The molecule has 21 heavy (non-hydrogen) atoms. The molecule has 0 fully saturated rings. The summed E-state index contributed by atoms with van der Waals surface area (Å²) >= 11 is 0. The van der Waals surface area contributed by atoms with Crippen LogP contribution in [-0.4, -0.2) is 11.1 Å². The molecule has 0 saturated heterocycles. The fourth-order valence-electron chi connectivity index (χ4n) is 1.70. The number of halogens is 3. The van der Waals surface area contributed by atoms with E-state index < -0.39 is 17.7 Å². The lowest BCUT2D eigenvalue weighted by atomic mass is 10.1. The summed E-state index contributed by atoms with van der Waals surface area (Å²) < 4.78 is 42.5. The summed E-state index contributed by atoms with van der Waals surface area (Å²) in [6.45, 7) is 0.0759. The van der Waals surface area contributed by atoms with Crippen molar-refractivity contribution in [3.05, 3.63) is 65.2 Å². The normalized spacial score (nSPS) is 11.2. The molecular formula is C15H11F3O3. The first-order valence-corrected chi connectivity index (χ1v) is 5.98. The van der Waals surface area contributed by atoms with Crippen molar-refractivity contribution in [3.63, 3.8) is 0 Å². The molecule has 2 aromatic rings. The van der Waals surface area contributed by atoms with E-state index in [2.05, 4.69) is 0 Å². The molecule has 0 atom stereocenters. The second-order valence-corrected chi connectivity index (χ2v) is 4.32. The Morgan fingerprint density at radius 1 is 1.10 bits per heavy atom. The van der Waals surface area contributed by atoms with Crippen molar-refractivity contribution in [3.8, 4) is 5.75 Å². The first-order valence-electron chi connectivity index (χ1n) is 5.98. The third kappa shape index (κ3) is 3.98. The van der Waals surface area contributed by atoms with Gasteiger partial charge < -0.3 is 9.84 Å². The summed E-state index contributed by atoms with van der Waals surface area (Å²) in [5.41, 5.74) is 0.000965. The standard InChI is InChI=1S/C15H11F3O3/c16-15(17,18)12-4-6-13(7-5-12)21-9-10-2-1-3-11(8-10)14(19)20/h1-8H,9H2,(H,19,20). The first-order chi connectivity index (χ1) is 9.86. The van der Waals surface area contributed by atoms with Crippen molar-refractivity contribution < 1.29 is 27.8 Å². The molecule has 0 heterocycles. The van der Waals surface area contributed by atoms with Crippen molar-refractivity contribution in [1.82, 2.24) is 0 Å². The van der Waals surface area contributed by atoms with Crippen LogP contribution >= 0.6 is 0 Å². The molecule has 0 aliphatic heterocycles. The number of benzene rings is 2. The second-order valence-electron chi connectivity index (χ2n) is 4.32. The third-order valence-electron chi connectivity index (χ3n) is 2.76. The zero-order chi connectivity index (χ0) is 15.5. The summed E-state index contributed by atoms with van der Waals surface area (Å²) in [4.78, 5) is 10.8. The largest absolute Gasteiger partial charge is 0.489 e. The summed E-state index contributed by atoms with van der Waals surface area (Å²) in [6.07, 6.45) is -4.38. The summed E-state index contributed by atoms with van der Waals surface area (Å²) in [6, 6.07) is 10.5. The van der Waals surface area contributed by atoms with Crippen molar-refractivity contribution in [2.45, 2.75) is 12.8 Å². The predicted octanol–water partition coefficient (Wildman–Crippen LogP) is 3.98. The summed E-state index contributed by atoms with van der Waals surface area (Å²) in [5.74, 6) is -0.768. The SMILES string of the molecule is O=C(O)c1cccc(COc2ccc(C(F)(F)F)cc2)c1. The van der Waals surface area contributed by atoms with Crippen LogP contribution in [0.2, 0.25) is 0 Å². The van der Waals surface area contributed by atoms with Gasteiger partial charge in [-0.2, -0.15) is 13.2 Å². The van der Waals surface area contributed by atoms with Crippen LogP contribution < -0.4 is 4.74 Å². The Morgan fingerprint density at radius 2 is 1.76 bits per heavy atom. The van der Waals surface area contributed by atoms with Crippen LogP contribution in [0.1, 0.15) is 21.5 Å². The van der Waals surface area contributed by atoms with Gasteiger partial charge in [-0.05, 0) is 42.0 Å². The van der Waals surface area contributed by atoms with Crippen LogP contribution in [0.15, 0.2) is 48.5 Å². The van der Waals surface area contributed by atoms with Gasteiger partial charge in [0.2, 0.25) is 0 Å². The van der Waals surface area contributed by atoms with E-state index in [9.17, 15) is 18.0 Å². The lowest BCUT2D eigenvalue weighted by molar-refractivity contribution is -0.137. The molecule has 0 aromatic heterocycles. The Balaban J connectivity index is 2.03. The predicted molar refractivity (Wildman–Crippen MR) is 69.2 cm³/mol. The van der Waals surface area contributed by atoms with E-state index in [1.54, 1.807) is 12.1 Å². The minimum absolute atomic E-state index is 0.0759. The van der Waals surface area contributed by atoms with Gasteiger partial charge in [0.15, 0.2) is 0 Å². The van der Waals surface area contributed by atoms with E-state index in [1.807, 2.05) is 0 Å². The monoisotopic (exact) mass is 296 g/mol. The Labute approximate surface area is 118 Å². The topological polar surface area (TPSA) is 46.5 Å². The highest BCUT2D eigenvalue weighted by molar-refractivity contribution is 5.87. The van der Waals surface area contributed by atoms with Crippen LogP contribution in [0.25, 0.3) is 0 Å². The van der Waals surface area contributed by atoms with Gasteiger partial charge >= 0.3 is 12.1 Å². The molecule has 3 nitrogen and oxygen atoms in total. The summed E-state index contributed by atoms with van der Waals surface area (Å²) in [7, 11) is 0. The maximum atomic E-state index is 12.4. The third-order valence-corrected chi connectivity index (χ3v) is 2.76. The number of rotatable bonds is 4. The number of carbonyl (C=O) groups is 1. The van der Waals surface area contributed by atoms with E-state index in [0.717, 1.165) is 12.1 Å². The fourth-order valence-corrected chi connectivity index (χ4v) is 1.70.